The fraction of sp³-hybridized carbons (Fsp3) is 0.667. The first-order valence-electron chi connectivity index (χ1n) is 6.11. The fourth-order valence-electron chi connectivity index (χ4n) is 2.10. The van der Waals surface area contributed by atoms with E-state index in [2.05, 4.69) is 11.9 Å². The Labute approximate surface area is 107 Å². The van der Waals surface area contributed by atoms with E-state index in [1.165, 1.54) is 11.0 Å². The zero-order valence-electron chi connectivity index (χ0n) is 10.8. The molecule has 1 saturated heterocycles. The zero-order chi connectivity index (χ0) is 13.5. The third-order valence-electron chi connectivity index (χ3n) is 3.10. The highest BCUT2D eigenvalue weighted by molar-refractivity contribution is 5.80. The molecule has 102 valence electrons. The van der Waals surface area contributed by atoms with Crippen LogP contribution in [-0.2, 0) is 4.79 Å². The van der Waals surface area contributed by atoms with Crippen LogP contribution in [0.4, 0.5) is 4.79 Å². The summed E-state index contributed by atoms with van der Waals surface area (Å²) >= 11 is 0. The number of carbonyl (C=O) groups is 2. The molecule has 0 atom stereocenters. The molecule has 0 aromatic heterocycles. The standard InChI is InChI=1S/C12H21N3O3/c1-3-8-15(9-11(16)17)12(18)14(2)10-4-6-13-7-5-10/h3,10,13H,1,4-9H2,2H3,(H,16,17). The molecule has 0 bridgehead atoms. The van der Waals surface area contributed by atoms with Gasteiger partial charge < -0.3 is 20.2 Å². The smallest absolute Gasteiger partial charge is 0.323 e. The second-order valence-electron chi connectivity index (χ2n) is 4.44. The summed E-state index contributed by atoms with van der Waals surface area (Å²) < 4.78 is 0. The molecule has 1 rings (SSSR count). The zero-order valence-corrected chi connectivity index (χ0v) is 10.8. The van der Waals surface area contributed by atoms with Gasteiger partial charge in [0.2, 0.25) is 0 Å². The summed E-state index contributed by atoms with van der Waals surface area (Å²) in [6, 6.07) is -0.0657. The minimum Gasteiger partial charge on any atom is -0.480 e. The molecule has 0 radical (unpaired) electrons. The van der Waals surface area contributed by atoms with Crippen molar-refractivity contribution in [3.63, 3.8) is 0 Å². The lowest BCUT2D eigenvalue weighted by Crippen LogP contribution is -2.50. The molecule has 2 amide bonds. The summed E-state index contributed by atoms with van der Waals surface area (Å²) in [7, 11) is 1.73. The third kappa shape index (κ3) is 4.03. The monoisotopic (exact) mass is 255 g/mol. The van der Waals surface area contributed by atoms with E-state index in [4.69, 9.17) is 5.11 Å². The van der Waals surface area contributed by atoms with E-state index in [1.54, 1.807) is 11.9 Å². The topological polar surface area (TPSA) is 72.9 Å². The lowest BCUT2D eigenvalue weighted by molar-refractivity contribution is -0.137. The van der Waals surface area contributed by atoms with Gasteiger partial charge in [0.1, 0.15) is 6.54 Å². The Bertz CT molecular complexity index is 314. The highest BCUT2D eigenvalue weighted by Crippen LogP contribution is 2.12. The maximum Gasteiger partial charge on any atom is 0.323 e. The highest BCUT2D eigenvalue weighted by atomic mass is 16.4. The molecular formula is C12H21N3O3. The number of urea groups is 1. The predicted molar refractivity (Wildman–Crippen MR) is 68.5 cm³/mol. The molecule has 1 aliphatic rings. The van der Waals surface area contributed by atoms with Crippen molar-refractivity contribution in [3.8, 4) is 0 Å². The number of hydrogen-bond acceptors (Lipinski definition) is 3. The van der Waals surface area contributed by atoms with E-state index in [0.29, 0.717) is 0 Å². The summed E-state index contributed by atoms with van der Waals surface area (Å²) in [5.74, 6) is -1.01. The van der Waals surface area contributed by atoms with Gasteiger partial charge in [-0.2, -0.15) is 0 Å². The molecule has 0 aliphatic carbocycles. The van der Waals surface area contributed by atoms with Gasteiger partial charge in [0.25, 0.3) is 0 Å². The number of nitrogens with zero attached hydrogens (tertiary/aromatic N) is 2. The van der Waals surface area contributed by atoms with Gasteiger partial charge in [0.15, 0.2) is 0 Å². The molecule has 1 aliphatic heterocycles. The lowest BCUT2D eigenvalue weighted by Gasteiger charge is -2.34. The number of amides is 2. The Kier molecular flexibility index (Phi) is 5.64. The first-order valence-corrected chi connectivity index (χ1v) is 6.11. The van der Waals surface area contributed by atoms with E-state index >= 15 is 0 Å². The highest BCUT2D eigenvalue weighted by Gasteiger charge is 2.26. The van der Waals surface area contributed by atoms with E-state index < -0.39 is 5.97 Å². The summed E-state index contributed by atoms with van der Waals surface area (Å²) in [4.78, 5) is 25.9. The molecule has 0 spiro atoms. The first kappa shape index (κ1) is 14.5. The number of carboxylic acids is 1. The van der Waals surface area contributed by atoms with Gasteiger partial charge in [-0.1, -0.05) is 6.08 Å². The Morgan fingerprint density at radius 2 is 2.06 bits per heavy atom. The molecule has 2 N–H and O–H groups in total. The minimum atomic E-state index is -1.01. The molecule has 0 unspecified atom stereocenters. The molecule has 1 fully saturated rings. The van der Waals surface area contributed by atoms with Crippen molar-refractivity contribution >= 4 is 12.0 Å². The van der Waals surface area contributed by atoms with Crippen molar-refractivity contribution in [2.75, 3.05) is 33.2 Å². The maximum absolute atomic E-state index is 12.2. The van der Waals surface area contributed by atoms with Gasteiger partial charge >= 0.3 is 12.0 Å². The van der Waals surface area contributed by atoms with E-state index in [-0.39, 0.29) is 25.2 Å². The van der Waals surface area contributed by atoms with Gasteiger partial charge in [-0.05, 0) is 25.9 Å². The van der Waals surface area contributed by atoms with Crippen LogP contribution >= 0.6 is 0 Å². The minimum absolute atomic E-state index is 0.180. The average Bonchev–Trinajstić information content (AvgIpc) is 2.37. The van der Waals surface area contributed by atoms with Gasteiger partial charge in [0.05, 0.1) is 0 Å². The molecule has 0 aromatic carbocycles. The van der Waals surface area contributed by atoms with E-state index in [1.807, 2.05) is 0 Å². The Morgan fingerprint density at radius 3 is 2.56 bits per heavy atom. The maximum atomic E-state index is 12.2. The van der Waals surface area contributed by atoms with Gasteiger partial charge in [-0.15, -0.1) is 6.58 Å². The average molecular weight is 255 g/mol. The van der Waals surface area contributed by atoms with Gasteiger partial charge in [0, 0.05) is 19.6 Å². The van der Waals surface area contributed by atoms with Gasteiger partial charge in [-0.25, -0.2) is 4.79 Å². The summed E-state index contributed by atoms with van der Waals surface area (Å²) in [5.41, 5.74) is 0. The molecule has 6 heteroatoms. The molecule has 6 nitrogen and oxygen atoms in total. The van der Waals surface area contributed by atoms with Crippen LogP contribution in [0.1, 0.15) is 12.8 Å². The van der Waals surface area contributed by atoms with Crippen LogP contribution < -0.4 is 5.32 Å². The number of rotatable bonds is 5. The van der Waals surface area contributed by atoms with E-state index in [9.17, 15) is 9.59 Å². The quantitative estimate of drug-likeness (QED) is 0.696. The van der Waals surface area contributed by atoms with Crippen molar-refractivity contribution in [1.29, 1.82) is 0 Å². The van der Waals surface area contributed by atoms with Crippen molar-refractivity contribution in [2.24, 2.45) is 0 Å². The van der Waals surface area contributed by atoms with Crippen LogP contribution in [-0.4, -0.2) is 66.2 Å². The van der Waals surface area contributed by atoms with Gasteiger partial charge in [-0.3, -0.25) is 4.79 Å². The normalized spacial score (nSPS) is 16.1. The Morgan fingerprint density at radius 1 is 1.44 bits per heavy atom. The van der Waals surface area contributed by atoms with Crippen molar-refractivity contribution in [1.82, 2.24) is 15.1 Å². The summed E-state index contributed by atoms with van der Waals surface area (Å²) in [6.07, 6.45) is 3.34. The first-order chi connectivity index (χ1) is 8.56. The van der Waals surface area contributed by atoms with Crippen LogP contribution in [0.25, 0.3) is 0 Å². The number of nitrogens with one attached hydrogen (secondary N) is 1. The van der Waals surface area contributed by atoms with Crippen LogP contribution in [0.5, 0.6) is 0 Å². The molecule has 0 saturated carbocycles. The SMILES string of the molecule is C=CCN(CC(=O)O)C(=O)N(C)C1CCNCC1. The number of aliphatic carboxylic acids is 1. The van der Waals surface area contributed by atoms with Crippen molar-refractivity contribution in [3.05, 3.63) is 12.7 Å². The molecule has 1 heterocycles. The third-order valence-corrected chi connectivity index (χ3v) is 3.10. The Balaban J connectivity index is 2.62. The molecule has 0 aromatic rings. The lowest BCUT2D eigenvalue weighted by atomic mass is 10.1. The number of carbonyl (C=O) groups excluding carboxylic acids is 1. The second-order valence-corrected chi connectivity index (χ2v) is 4.44. The van der Waals surface area contributed by atoms with Crippen LogP contribution in [0.2, 0.25) is 0 Å². The van der Waals surface area contributed by atoms with Crippen molar-refractivity contribution in [2.45, 2.75) is 18.9 Å². The van der Waals surface area contributed by atoms with Crippen LogP contribution in [0, 0.1) is 0 Å². The van der Waals surface area contributed by atoms with Crippen LogP contribution in [0.3, 0.4) is 0 Å². The fourth-order valence-corrected chi connectivity index (χ4v) is 2.10. The largest absolute Gasteiger partial charge is 0.480 e. The predicted octanol–water partition coefficient (Wildman–Crippen LogP) is 0.363. The number of carboxylic acid groups (broad SMARTS) is 1. The van der Waals surface area contributed by atoms with E-state index in [0.717, 1.165) is 25.9 Å². The molecule has 18 heavy (non-hydrogen) atoms. The van der Waals surface area contributed by atoms with Crippen LogP contribution in [0.15, 0.2) is 12.7 Å². The Hall–Kier alpha value is -1.56. The number of hydrogen-bond donors (Lipinski definition) is 2. The molecular weight excluding hydrogens is 234 g/mol. The second kappa shape index (κ2) is 7.00. The number of piperidine rings is 1. The summed E-state index contributed by atoms with van der Waals surface area (Å²) in [5, 5.41) is 12.0. The van der Waals surface area contributed by atoms with Crippen molar-refractivity contribution < 1.29 is 14.7 Å². The summed E-state index contributed by atoms with van der Waals surface area (Å²) in [6.45, 7) is 5.29.